The highest BCUT2D eigenvalue weighted by Crippen LogP contribution is 2.39. The van der Waals surface area contributed by atoms with Crippen molar-refractivity contribution in [2.45, 2.75) is 45.2 Å². The lowest BCUT2D eigenvalue weighted by atomic mass is 9.97. The van der Waals surface area contributed by atoms with E-state index < -0.39 is 0 Å². The van der Waals surface area contributed by atoms with Gasteiger partial charge in [-0.2, -0.15) is 0 Å². The second-order valence-corrected chi connectivity index (χ2v) is 5.98. The summed E-state index contributed by atoms with van der Waals surface area (Å²) in [6.45, 7) is 5.28. The van der Waals surface area contributed by atoms with Gasteiger partial charge in [0.1, 0.15) is 0 Å². The molecule has 90 valence electrons. The van der Waals surface area contributed by atoms with Crippen LogP contribution in [0.25, 0.3) is 0 Å². The first-order chi connectivity index (χ1) is 7.68. The minimum atomic E-state index is -0.101. The lowest BCUT2D eigenvalue weighted by Crippen LogP contribution is -2.47. The molecular weight excluding hydrogens is 220 g/mol. The van der Waals surface area contributed by atoms with Gasteiger partial charge in [0.2, 0.25) is 0 Å². The van der Waals surface area contributed by atoms with Crippen LogP contribution in [-0.4, -0.2) is 22.2 Å². The van der Waals surface area contributed by atoms with Gasteiger partial charge >= 0.3 is 0 Å². The molecule has 1 unspecified atom stereocenters. The highest BCUT2D eigenvalue weighted by molar-refractivity contribution is 7.11. The van der Waals surface area contributed by atoms with Crippen LogP contribution in [-0.2, 0) is 13.0 Å². The Kier molecular flexibility index (Phi) is 3.62. The van der Waals surface area contributed by atoms with Gasteiger partial charge in [-0.05, 0) is 32.1 Å². The Morgan fingerprint density at radius 2 is 2.38 bits per heavy atom. The number of aliphatic hydroxyl groups excluding tert-OH is 1. The minimum Gasteiger partial charge on any atom is -0.394 e. The summed E-state index contributed by atoms with van der Waals surface area (Å²) in [7, 11) is 0. The van der Waals surface area contributed by atoms with Gasteiger partial charge in [-0.3, -0.25) is 0 Å². The number of rotatable bonds is 6. The van der Waals surface area contributed by atoms with Gasteiger partial charge in [0.25, 0.3) is 0 Å². The van der Waals surface area contributed by atoms with Crippen LogP contribution in [0, 0.1) is 5.92 Å². The van der Waals surface area contributed by atoms with Crippen LogP contribution < -0.4 is 5.32 Å². The zero-order valence-corrected chi connectivity index (χ0v) is 10.8. The van der Waals surface area contributed by atoms with Crippen molar-refractivity contribution in [3.8, 4) is 0 Å². The molecule has 0 amide bonds. The fraction of sp³-hybridized carbons (Fsp3) is 0.750. The molecule has 1 saturated carbocycles. The molecule has 3 nitrogen and oxygen atoms in total. The maximum absolute atomic E-state index is 9.45. The second kappa shape index (κ2) is 4.82. The van der Waals surface area contributed by atoms with E-state index in [9.17, 15) is 5.11 Å². The lowest BCUT2D eigenvalue weighted by molar-refractivity contribution is 0.154. The predicted molar refractivity (Wildman–Crippen MR) is 66.5 cm³/mol. The lowest BCUT2D eigenvalue weighted by Gasteiger charge is -2.28. The molecule has 1 aliphatic rings. The summed E-state index contributed by atoms with van der Waals surface area (Å²) in [5.41, 5.74) is -0.101. The van der Waals surface area contributed by atoms with Crippen molar-refractivity contribution < 1.29 is 5.11 Å². The molecule has 1 fully saturated rings. The largest absolute Gasteiger partial charge is 0.394 e. The maximum Gasteiger partial charge on any atom is 0.0925 e. The number of thiazole rings is 1. The number of aliphatic hydroxyl groups is 1. The third kappa shape index (κ3) is 2.62. The number of nitrogens with zero attached hydrogens (tertiary/aromatic N) is 1. The van der Waals surface area contributed by atoms with Crippen LogP contribution in [0.5, 0.6) is 0 Å². The van der Waals surface area contributed by atoms with Crippen molar-refractivity contribution in [3.05, 3.63) is 16.1 Å². The average molecular weight is 240 g/mol. The van der Waals surface area contributed by atoms with Gasteiger partial charge < -0.3 is 10.4 Å². The number of hydrogen-bond donors (Lipinski definition) is 2. The van der Waals surface area contributed by atoms with Gasteiger partial charge in [-0.25, -0.2) is 4.98 Å². The quantitative estimate of drug-likeness (QED) is 0.799. The Bertz CT molecular complexity index is 349. The number of nitrogens with one attached hydrogen (secondary N) is 1. The Balaban J connectivity index is 1.90. The van der Waals surface area contributed by atoms with Crippen LogP contribution >= 0.6 is 11.3 Å². The monoisotopic (exact) mass is 240 g/mol. The van der Waals surface area contributed by atoms with E-state index in [1.54, 1.807) is 11.3 Å². The Labute approximate surface area is 101 Å². The summed E-state index contributed by atoms with van der Waals surface area (Å²) in [5, 5.41) is 14.1. The van der Waals surface area contributed by atoms with Gasteiger partial charge in [0, 0.05) is 23.2 Å². The van der Waals surface area contributed by atoms with E-state index in [1.165, 1.54) is 22.7 Å². The smallest absolute Gasteiger partial charge is 0.0925 e. The summed E-state index contributed by atoms with van der Waals surface area (Å²) in [5.74, 6) is 0.649. The first-order valence-electron chi connectivity index (χ1n) is 5.97. The van der Waals surface area contributed by atoms with Gasteiger partial charge in [-0.15, -0.1) is 11.3 Å². The van der Waals surface area contributed by atoms with E-state index in [4.69, 9.17) is 0 Å². The zero-order valence-electron chi connectivity index (χ0n) is 9.99. The Morgan fingerprint density at radius 3 is 2.88 bits per heavy atom. The fourth-order valence-corrected chi connectivity index (χ4v) is 2.73. The molecule has 0 radical (unpaired) electrons. The minimum absolute atomic E-state index is 0.101. The SMILES string of the molecule is CCc1ncc(CNC(C)(CO)C2CC2)s1. The summed E-state index contributed by atoms with van der Waals surface area (Å²) in [6.07, 6.45) is 5.44. The highest BCUT2D eigenvalue weighted by atomic mass is 32.1. The number of aromatic nitrogens is 1. The Hall–Kier alpha value is -0.450. The van der Waals surface area contributed by atoms with Crippen LogP contribution in [0.1, 0.15) is 36.6 Å². The van der Waals surface area contributed by atoms with Crippen LogP contribution in [0.3, 0.4) is 0 Å². The molecular formula is C12H20N2OS. The van der Waals surface area contributed by atoms with Gasteiger partial charge in [0.15, 0.2) is 0 Å². The van der Waals surface area contributed by atoms with Crippen molar-refractivity contribution >= 4 is 11.3 Å². The third-order valence-corrected chi connectivity index (χ3v) is 4.52. The van der Waals surface area contributed by atoms with Gasteiger partial charge in [0.05, 0.1) is 11.6 Å². The highest BCUT2D eigenvalue weighted by Gasteiger charge is 2.40. The third-order valence-electron chi connectivity index (χ3n) is 3.38. The summed E-state index contributed by atoms with van der Waals surface area (Å²) in [6, 6.07) is 0. The molecule has 1 aromatic rings. The fourth-order valence-electron chi connectivity index (χ4n) is 1.93. The predicted octanol–water partition coefficient (Wildman–Crippen LogP) is 1.96. The van der Waals surface area contributed by atoms with Crippen LogP contribution in [0.15, 0.2) is 6.20 Å². The van der Waals surface area contributed by atoms with E-state index in [0.717, 1.165) is 13.0 Å². The van der Waals surface area contributed by atoms with Crippen molar-refractivity contribution in [1.29, 1.82) is 0 Å². The average Bonchev–Trinajstić information content (AvgIpc) is 3.06. The summed E-state index contributed by atoms with van der Waals surface area (Å²) in [4.78, 5) is 5.60. The summed E-state index contributed by atoms with van der Waals surface area (Å²) >= 11 is 1.76. The first-order valence-corrected chi connectivity index (χ1v) is 6.79. The normalized spacial score (nSPS) is 19.7. The second-order valence-electron chi connectivity index (χ2n) is 4.78. The van der Waals surface area contributed by atoms with E-state index >= 15 is 0 Å². The first kappa shape index (κ1) is 12.0. The molecule has 0 saturated heterocycles. The molecule has 0 bridgehead atoms. The molecule has 2 N–H and O–H groups in total. The van der Waals surface area contributed by atoms with Crippen molar-refractivity contribution in [3.63, 3.8) is 0 Å². The molecule has 1 aromatic heterocycles. The molecule has 0 spiro atoms. The topological polar surface area (TPSA) is 45.2 Å². The number of aryl methyl sites for hydroxylation is 1. The zero-order chi connectivity index (χ0) is 11.6. The molecule has 4 heteroatoms. The molecule has 1 atom stereocenters. The molecule has 1 aliphatic carbocycles. The maximum atomic E-state index is 9.45. The Morgan fingerprint density at radius 1 is 1.62 bits per heavy atom. The van der Waals surface area contributed by atoms with E-state index in [0.29, 0.717) is 5.92 Å². The van der Waals surface area contributed by atoms with Crippen LogP contribution in [0.4, 0.5) is 0 Å². The van der Waals surface area contributed by atoms with E-state index in [2.05, 4.69) is 24.1 Å². The van der Waals surface area contributed by atoms with Gasteiger partial charge in [-0.1, -0.05) is 6.92 Å². The molecule has 0 aliphatic heterocycles. The van der Waals surface area contributed by atoms with E-state index in [1.807, 2.05) is 6.20 Å². The summed E-state index contributed by atoms with van der Waals surface area (Å²) < 4.78 is 0. The molecule has 1 heterocycles. The number of hydrogen-bond acceptors (Lipinski definition) is 4. The van der Waals surface area contributed by atoms with Crippen LogP contribution in [0.2, 0.25) is 0 Å². The molecule has 0 aromatic carbocycles. The molecule has 16 heavy (non-hydrogen) atoms. The van der Waals surface area contributed by atoms with Crippen molar-refractivity contribution in [2.24, 2.45) is 5.92 Å². The van der Waals surface area contributed by atoms with E-state index in [-0.39, 0.29) is 12.1 Å². The standard InChI is InChI=1S/C12H20N2OS/c1-3-11-13-6-10(16-11)7-14-12(2,8-15)9-4-5-9/h6,9,14-15H,3-5,7-8H2,1-2H3. The molecule has 2 rings (SSSR count). The van der Waals surface area contributed by atoms with Crippen molar-refractivity contribution in [1.82, 2.24) is 10.3 Å². The van der Waals surface area contributed by atoms with Crippen molar-refractivity contribution in [2.75, 3.05) is 6.61 Å².